The van der Waals surface area contributed by atoms with E-state index in [-0.39, 0.29) is 5.41 Å². The zero-order valence-electron chi connectivity index (χ0n) is 12.8. The molecule has 1 aliphatic carbocycles. The molecule has 112 valence electrons. The van der Waals surface area contributed by atoms with Gasteiger partial charge in [-0.1, -0.05) is 25.4 Å². The van der Waals surface area contributed by atoms with E-state index in [0.717, 1.165) is 50.0 Å². The Morgan fingerprint density at radius 2 is 2.05 bits per heavy atom. The van der Waals surface area contributed by atoms with Crippen molar-refractivity contribution in [1.29, 1.82) is 0 Å². The number of aromatic nitrogens is 2. The highest BCUT2D eigenvalue weighted by Gasteiger charge is 2.38. The highest BCUT2D eigenvalue weighted by molar-refractivity contribution is 5.09. The summed E-state index contributed by atoms with van der Waals surface area (Å²) in [4.78, 5) is 4.82. The molecule has 0 amide bonds. The molecule has 0 bridgehead atoms. The molecule has 1 N–H and O–H groups in total. The number of hydrogen-bond acceptors (Lipinski definition) is 4. The van der Waals surface area contributed by atoms with Gasteiger partial charge in [0.15, 0.2) is 5.82 Å². The molecule has 3 rings (SSSR count). The molecule has 4 heteroatoms. The van der Waals surface area contributed by atoms with Crippen LogP contribution < -0.4 is 5.32 Å². The molecule has 20 heavy (non-hydrogen) atoms. The van der Waals surface area contributed by atoms with Crippen molar-refractivity contribution in [2.75, 3.05) is 13.1 Å². The molecule has 0 aromatic carbocycles. The van der Waals surface area contributed by atoms with Crippen molar-refractivity contribution in [3.63, 3.8) is 0 Å². The van der Waals surface area contributed by atoms with E-state index in [9.17, 15) is 0 Å². The molecule has 0 radical (unpaired) electrons. The van der Waals surface area contributed by atoms with Gasteiger partial charge in [-0.05, 0) is 57.5 Å². The van der Waals surface area contributed by atoms with Crippen LogP contribution in [-0.4, -0.2) is 23.2 Å². The summed E-state index contributed by atoms with van der Waals surface area (Å²) in [6.45, 7) is 6.66. The van der Waals surface area contributed by atoms with Gasteiger partial charge in [0.25, 0.3) is 0 Å². The van der Waals surface area contributed by atoms with Gasteiger partial charge in [-0.15, -0.1) is 0 Å². The molecular weight excluding hydrogens is 250 g/mol. The molecule has 1 aromatic heterocycles. The van der Waals surface area contributed by atoms with E-state index >= 15 is 0 Å². The summed E-state index contributed by atoms with van der Waals surface area (Å²) in [6.07, 6.45) is 8.42. The number of nitrogens with one attached hydrogen (secondary N) is 1. The van der Waals surface area contributed by atoms with Crippen LogP contribution in [0, 0.1) is 5.92 Å². The summed E-state index contributed by atoms with van der Waals surface area (Å²) in [5, 5.41) is 7.76. The normalized spacial score (nSPS) is 29.7. The number of rotatable bonds is 4. The van der Waals surface area contributed by atoms with E-state index in [1.165, 1.54) is 25.7 Å². The van der Waals surface area contributed by atoms with Gasteiger partial charge < -0.3 is 9.84 Å². The summed E-state index contributed by atoms with van der Waals surface area (Å²) in [5.74, 6) is 3.27. The Balaban J connectivity index is 1.76. The molecule has 2 fully saturated rings. The van der Waals surface area contributed by atoms with Crippen molar-refractivity contribution in [2.45, 2.75) is 70.1 Å². The predicted molar refractivity (Wildman–Crippen MR) is 78.7 cm³/mol. The Morgan fingerprint density at radius 1 is 1.25 bits per heavy atom. The first-order chi connectivity index (χ1) is 9.77. The van der Waals surface area contributed by atoms with Crippen LogP contribution in [0.1, 0.15) is 76.4 Å². The smallest absolute Gasteiger partial charge is 0.232 e. The van der Waals surface area contributed by atoms with Crippen LogP contribution in [0.15, 0.2) is 4.52 Å². The van der Waals surface area contributed by atoms with Crippen LogP contribution in [0.2, 0.25) is 0 Å². The fraction of sp³-hybridized carbons (Fsp3) is 0.875. The second-order valence-electron chi connectivity index (χ2n) is 6.63. The maximum Gasteiger partial charge on any atom is 0.232 e. The van der Waals surface area contributed by atoms with E-state index in [1.54, 1.807) is 0 Å². The second kappa shape index (κ2) is 5.84. The van der Waals surface area contributed by atoms with Crippen LogP contribution in [0.4, 0.5) is 0 Å². The average molecular weight is 277 g/mol. The highest BCUT2D eigenvalue weighted by Crippen LogP contribution is 2.40. The summed E-state index contributed by atoms with van der Waals surface area (Å²) < 4.78 is 5.69. The molecule has 0 spiro atoms. The fourth-order valence-corrected chi connectivity index (χ4v) is 3.92. The van der Waals surface area contributed by atoms with Gasteiger partial charge >= 0.3 is 0 Å². The lowest BCUT2D eigenvalue weighted by atomic mass is 9.76. The van der Waals surface area contributed by atoms with E-state index in [0.29, 0.717) is 5.92 Å². The van der Waals surface area contributed by atoms with Crippen LogP contribution in [0.5, 0.6) is 0 Å². The van der Waals surface area contributed by atoms with Crippen molar-refractivity contribution in [3.05, 3.63) is 11.7 Å². The van der Waals surface area contributed by atoms with Crippen molar-refractivity contribution in [2.24, 2.45) is 5.92 Å². The molecule has 1 aromatic rings. The van der Waals surface area contributed by atoms with Gasteiger partial charge in [0.05, 0.1) is 5.41 Å². The third-order valence-corrected chi connectivity index (χ3v) is 5.62. The zero-order valence-corrected chi connectivity index (χ0v) is 12.8. The maximum absolute atomic E-state index is 5.69. The lowest BCUT2D eigenvalue weighted by Crippen LogP contribution is -2.39. The van der Waals surface area contributed by atoms with Crippen molar-refractivity contribution in [1.82, 2.24) is 15.5 Å². The van der Waals surface area contributed by atoms with E-state index in [4.69, 9.17) is 9.51 Å². The Labute approximate surface area is 121 Å². The van der Waals surface area contributed by atoms with Gasteiger partial charge in [0, 0.05) is 5.92 Å². The van der Waals surface area contributed by atoms with E-state index < -0.39 is 0 Å². The van der Waals surface area contributed by atoms with Gasteiger partial charge in [0.2, 0.25) is 5.89 Å². The monoisotopic (exact) mass is 277 g/mol. The molecule has 2 atom stereocenters. The standard InChI is InChI=1S/C16H27N3O/c1-3-12-5-6-13(11-12)14-18-15(20-19-14)16(4-2)7-9-17-10-8-16/h12-13,17H,3-11H2,1-2H3. The van der Waals surface area contributed by atoms with Gasteiger partial charge in [-0.25, -0.2) is 0 Å². The minimum atomic E-state index is 0.124. The largest absolute Gasteiger partial charge is 0.339 e. The average Bonchev–Trinajstić information content (AvgIpc) is 3.16. The Hall–Kier alpha value is -0.900. The van der Waals surface area contributed by atoms with Crippen molar-refractivity contribution in [3.8, 4) is 0 Å². The number of piperidine rings is 1. The molecule has 2 unspecified atom stereocenters. The third kappa shape index (κ3) is 2.50. The first-order valence-corrected chi connectivity index (χ1v) is 8.32. The molecule has 1 aliphatic heterocycles. The van der Waals surface area contributed by atoms with E-state index in [1.807, 2.05) is 0 Å². The van der Waals surface area contributed by atoms with Crippen molar-refractivity contribution < 1.29 is 4.52 Å². The molecule has 2 heterocycles. The highest BCUT2D eigenvalue weighted by atomic mass is 16.5. The van der Waals surface area contributed by atoms with Gasteiger partial charge in [-0.3, -0.25) is 0 Å². The van der Waals surface area contributed by atoms with Crippen molar-refractivity contribution >= 4 is 0 Å². The first kappa shape index (κ1) is 14.1. The van der Waals surface area contributed by atoms with Crippen LogP contribution in [-0.2, 0) is 5.41 Å². The number of hydrogen-bond donors (Lipinski definition) is 1. The van der Waals surface area contributed by atoms with Crippen LogP contribution in [0.25, 0.3) is 0 Å². The summed E-state index contributed by atoms with van der Waals surface area (Å²) in [7, 11) is 0. The summed E-state index contributed by atoms with van der Waals surface area (Å²) in [5.41, 5.74) is 0.124. The fourth-order valence-electron chi connectivity index (χ4n) is 3.92. The third-order valence-electron chi connectivity index (χ3n) is 5.62. The lowest BCUT2D eigenvalue weighted by Gasteiger charge is -2.33. The minimum Gasteiger partial charge on any atom is -0.339 e. The quantitative estimate of drug-likeness (QED) is 0.916. The Morgan fingerprint density at radius 3 is 2.70 bits per heavy atom. The first-order valence-electron chi connectivity index (χ1n) is 8.32. The maximum atomic E-state index is 5.69. The molecule has 2 aliphatic rings. The summed E-state index contributed by atoms with van der Waals surface area (Å²) >= 11 is 0. The minimum absolute atomic E-state index is 0.124. The Kier molecular flexibility index (Phi) is 4.11. The van der Waals surface area contributed by atoms with Gasteiger partial charge in [0.1, 0.15) is 0 Å². The molecule has 4 nitrogen and oxygen atoms in total. The van der Waals surface area contributed by atoms with Crippen LogP contribution in [0.3, 0.4) is 0 Å². The molecule has 1 saturated heterocycles. The molecule has 1 saturated carbocycles. The SMILES string of the molecule is CCC1CCC(c2noc(C3(CC)CCNCC3)n2)C1. The lowest BCUT2D eigenvalue weighted by molar-refractivity contribution is 0.216. The van der Waals surface area contributed by atoms with Crippen LogP contribution >= 0.6 is 0 Å². The molecular formula is C16H27N3O. The second-order valence-corrected chi connectivity index (χ2v) is 6.63. The van der Waals surface area contributed by atoms with Gasteiger partial charge in [-0.2, -0.15) is 4.98 Å². The number of nitrogens with zero attached hydrogens (tertiary/aromatic N) is 2. The summed E-state index contributed by atoms with van der Waals surface area (Å²) in [6, 6.07) is 0. The van der Waals surface area contributed by atoms with E-state index in [2.05, 4.69) is 24.3 Å². The topological polar surface area (TPSA) is 51.0 Å². The zero-order chi connectivity index (χ0) is 14.0. The Bertz CT molecular complexity index is 437. The predicted octanol–water partition coefficient (Wildman–Crippen LogP) is 3.39.